The molecule has 1 nitrogen and oxygen atoms in total. The molecular weight excluding hydrogens is 310 g/mol. The molecule has 0 amide bonds. The average Bonchev–Trinajstić information content (AvgIpc) is 2.41. The summed E-state index contributed by atoms with van der Waals surface area (Å²) in [7, 11) is 0. The van der Waals surface area contributed by atoms with Crippen LogP contribution in [-0.4, -0.2) is 17.5 Å². The van der Waals surface area contributed by atoms with Crippen molar-refractivity contribution in [2.75, 3.05) is 0 Å². The lowest BCUT2D eigenvalue weighted by molar-refractivity contribution is -0.376. The number of benzene rings is 1. The maximum absolute atomic E-state index is 12.8. The standard InChI is InChI=1S/C15H18F6O/c1-3-5-10(4-2)11-6-8-12(9-7-11)13(22,14(16,17)18)15(19,20)21/h6-10,22H,3-5H2,1-2H3. The number of rotatable bonds is 5. The predicted octanol–water partition coefficient (Wildman–Crippen LogP) is 5.29. The van der Waals surface area contributed by atoms with Crippen molar-refractivity contribution in [1.82, 2.24) is 0 Å². The average molecular weight is 328 g/mol. The molecule has 1 unspecified atom stereocenters. The van der Waals surface area contributed by atoms with Crippen LogP contribution in [-0.2, 0) is 5.60 Å². The van der Waals surface area contributed by atoms with Crippen LogP contribution in [0.4, 0.5) is 26.3 Å². The van der Waals surface area contributed by atoms with E-state index in [1.54, 1.807) is 0 Å². The molecule has 1 aromatic carbocycles. The van der Waals surface area contributed by atoms with Crippen molar-refractivity contribution in [3.05, 3.63) is 35.4 Å². The Kier molecular flexibility index (Phi) is 5.54. The van der Waals surface area contributed by atoms with Gasteiger partial charge < -0.3 is 5.11 Å². The minimum absolute atomic E-state index is 0.0731. The molecule has 0 bridgehead atoms. The summed E-state index contributed by atoms with van der Waals surface area (Å²) in [4.78, 5) is 0. The largest absolute Gasteiger partial charge is 0.430 e. The third-order valence-electron chi connectivity index (χ3n) is 3.75. The summed E-state index contributed by atoms with van der Waals surface area (Å²) in [6.45, 7) is 3.85. The van der Waals surface area contributed by atoms with E-state index in [1.165, 1.54) is 12.1 Å². The van der Waals surface area contributed by atoms with Gasteiger partial charge in [0.1, 0.15) is 0 Å². The zero-order valence-electron chi connectivity index (χ0n) is 12.2. The van der Waals surface area contributed by atoms with Gasteiger partial charge in [-0.15, -0.1) is 0 Å². The molecule has 0 aliphatic heterocycles. The van der Waals surface area contributed by atoms with Crippen molar-refractivity contribution >= 4 is 0 Å². The Morgan fingerprint density at radius 1 is 0.909 bits per heavy atom. The molecular formula is C15H18F6O. The van der Waals surface area contributed by atoms with Gasteiger partial charge in [-0.25, -0.2) is 0 Å². The molecule has 1 aromatic rings. The summed E-state index contributed by atoms with van der Waals surface area (Å²) in [6.07, 6.45) is -9.31. The Labute approximate surface area is 125 Å². The molecule has 0 heterocycles. The molecule has 126 valence electrons. The van der Waals surface area contributed by atoms with E-state index in [0.717, 1.165) is 19.3 Å². The van der Waals surface area contributed by atoms with Crippen molar-refractivity contribution in [3.63, 3.8) is 0 Å². The second kappa shape index (κ2) is 6.48. The van der Waals surface area contributed by atoms with Crippen LogP contribution in [0, 0.1) is 0 Å². The van der Waals surface area contributed by atoms with Gasteiger partial charge in [-0.05, 0) is 24.3 Å². The zero-order chi connectivity index (χ0) is 17.2. The van der Waals surface area contributed by atoms with Gasteiger partial charge in [0.2, 0.25) is 0 Å². The van der Waals surface area contributed by atoms with E-state index in [0.29, 0.717) is 17.7 Å². The Morgan fingerprint density at radius 3 is 1.68 bits per heavy atom. The van der Waals surface area contributed by atoms with Gasteiger partial charge in [0.25, 0.3) is 5.60 Å². The molecule has 22 heavy (non-hydrogen) atoms. The summed E-state index contributed by atoms with van der Waals surface area (Å²) in [5.74, 6) is 0.0731. The van der Waals surface area contributed by atoms with Crippen LogP contribution in [0.3, 0.4) is 0 Å². The fraction of sp³-hybridized carbons (Fsp3) is 0.600. The molecule has 0 saturated carbocycles. The lowest BCUT2D eigenvalue weighted by Gasteiger charge is -2.32. The van der Waals surface area contributed by atoms with Gasteiger partial charge in [-0.2, -0.15) is 26.3 Å². The number of aliphatic hydroxyl groups is 1. The Morgan fingerprint density at radius 2 is 1.36 bits per heavy atom. The Balaban J connectivity index is 3.26. The highest BCUT2D eigenvalue weighted by Crippen LogP contribution is 2.50. The van der Waals surface area contributed by atoms with Gasteiger partial charge in [0, 0.05) is 5.56 Å². The molecule has 7 heteroatoms. The Bertz CT molecular complexity index is 460. The highest BCUT2D eigenvalue weighted by atomic mass is 19.4. The van der Waals surface area contributed by atoms with Gasteiger partial charge in [-0.1, -0.05) is 44.5 Å². The number of halogens is 6. The summed E-state index contributed by atoms with van der Waals surface area (Å²) in [6, 6.07) is 3.85. The minimum Gasteiger partial charge on any atom is -0.369 e. The van der Waals surface area contributed by atoms with E-state index in [4.69, 9.17) is 0 Å². The quantitative estimate of drug-likeness (QED) is 0.728. The first-order chi connectivity index (χ1) is 9.99. The molecule has 0 aliphatic rings. The van der Waals surface area contributed by atoms with Crippen molar-refractivity contribution < 1.29 is 31.4 Å². The van der Waals surface area contributed by atoms with E-state index in [9.17, 15) is 31.4 Å². The first-order valence-corrected chi connectivity index (χ1v) is 6.95. The third-order valence-corrected chi connectivity index (χ3v) is 3.75. The Hall–Kier alpha value is -1.24. The maximum atomic E-state index is 12.8. The van der Waals surface area contributed by atoms with Crippen LogP contribution >= 0.6 is 0 Å². The van der Waals surface area contributed by atoms with Crippen molar-refractivity contribution in [2.24, 2.45) is 0 Å². The van der Waals surface area contributed by atoms with Crippen molar-refractivity contribution in [3.8, 4) is 0 Å². The molecule has 0 fully saturated rings. The van der Waals surface area contributed by atoms with Crippen LogP contribution in [0.2, 0.25) is 0 Å². The van der Waals surface area contributed by atoms with Gasteiger partial charge in [-0.3, -0.25) is 0 Å². The molecule has 1 N–H and O–H groups in total. The highest BCUT2D eigenvalue weighted by Gasteiger charge is 2.71. The van der Waals surface area contributed by atoms with E-state index in [2.05, 4.69) is 0 Å². The third kappa shape index (κ3) is 3.39. The van der Waals surface area contributed by atoms with Crippen LogP contribution in [0.15, 0.2) is 24.3 Å². The molecule has 0 spiro atoms. The van der Waals surface area contributed by atoms with Gasteiger partial charge in [0.15, 0.2) is 0 Å². The number of hydrogen-bond donors (Lipinski definition) is 1. The molecule has 0 aromatic heterocycles. The van der Waals surface area contributed by atoms with E-state index in [1.807, 2.05) is 13.8 Å². The fourth-order valence-corrected chi connectivity index (χ4v) is 2.44. The predicted molar refractivity (Wildman–Crippen MR) is 70.4 cm³/mol. The van der Waals surface area contributed by atoms with Gasteiger partial charge in [0.05, 0.1) is 0 Å². The van der Waals surface area contributed by atoms with Crippen LogP contribution in [0.25, 0.3) is 0 Å². The second-order valence-electron chi connectivity index (χ2n) is 5.22. The SMILES string of the molecule is CCCC(CC)c1ccc(C(O)(C(F)(F)F)C(F)(F)F)cc1. The highest BCUT2D eigenvalue weighted by molar-refractivity contribution is 5.31. The normalized spacial score (nSPS) is 15.0. The smallest absolute Gasteiger partial charge is 0.369 e. The summed E-state index contributed by atoms with van der Waals surface area (Å²) in [5.41, 5.74) is -5.41. The van der Waals surface area contributed by atoms with Gasteiger partial charge >= 0.3 is 12.4 Å². The summed E-state index contributed by atoms with van der Waals surface area (Å²) < 4.78 is 76.6. The molecule has 0 radical (unpaired) electrons. The lowest BCUT2D eigenvalue weighted by atomic mass is 9.87. The van der Waals surface area contributed by atoms with Crippen molar-refractivity contribution in [1.29, 1.82) is 0 Å². The molecule has 1 rings (SSSR count). The summed E-state index contributed by atoms with van der Waals surface area (Å²) in [5, 5.41) is 9.30. The maximum Gasteiger partial charge on any atom is 0.430 e. The first-order valence-electron chi connectivity index (χ1n) is 6.95. The van der Waals surface area contributed by atoms with Crippen molar-refractivity contribution in [2.45, 2.75) is 57.0 Å². The summed E-state index contributed by atoms with van der Waals surface area (Å²) >= 11 is 0. The number of alkyl halides is 6. The first kappa shape index (κ1) is 18.8. The van der Waals surface area contributed by atoms with E-state index >= 15 is 0 Å². The van der Waals surface area contributed by atoms with E-state index in [-0.39, 0.29) is 5.92 Å². The van der Waals surface area contributed by atoms with Crippen LogP contribution in [0.1, 0.15) is 50.2 Å². The topological polar surface area (TPSA) is 20.2 Å². The van der Waals surface area contributed by atoms with Crippen LogP contribution < -0.4 is 0 Å². The lowest BCUT2D eigenvalue weighted by Crippen LogP contribution is -2.53. The second-order valence-corrected chi connectivity index (χ2v) is 5.22. The van der Waals surface area contributed by atoms with Crippen LogP contribution in [0.5, 0.6) is 0 Å². The monoisotopic (exact) mass is 328 g/mol. The fourth-order valence-electron chi connectivity index (χ4n) is 2.44. The van der Waals surface area contributed by atoms with E-state index < -0.39 is 23.5 Å². The minimum atomic E-state index is -5.85. The number of hydrogen-bond acceptors (Lipinski definition) is 1. The zero-order valence-corrected chi connectivity index (χ0v) is 12.2. The molecule has 0 saturated heterocycles. The molecule has 0 aliphatic carbocycles. The molecule has 1 atom stereocenters.